The molecule has 0 atom stereocenters. The van der Waals surface area contributed by atoms with Gasteiger partial charge in [-0.25, -0.2) is 0 Å². The molecule has 0 bridgehead atoms. The summed E-state index contributed by atoms with van der Waals surface area (Å²) in [5.41, 5.74) is 1.46. The third-order valence-corrected chi connectivity index (χ3v) is 3.29. The molecule has 0 amide bonds. The van der Waals surface area contributed by atoms with E-state index in [1.54, 1.807) is 6.26 Å². The fourth-order valence-electron chi connectivity index (χ4n) is 2.20. The van der Waals surface area contributed by atoms with E-state index in [-0.39, 0.29) is 0 Å². The van der Waals surface area contributed by atoms with Crippen molar-refractivity contribution in [3.63, 3.8) is 0 Å². The summed E-state index contributed by atoms with van der Waals surface area (Å²) in [5.74, 6) is 1.02. The van der Waals surface area contributed by atoms with E-state index in [9.17, 15) is 0 Å². The van der Waals surface area contributed by atoms with Crippen molar-refractivity contribution in [3.8, 4) is 0 Å². The van der Waals surface area contributed by atoms with E-state index in [0.717, 1.165) is 18.8 Å². The monoisotopic (exact) mass is 257 g/mol. The molecule has 1 heterocycles. The molecule has 0 spiro atoms. The molecule has 1 aromatic carbocycles. The predicted octanol–water partition coefficient (Wildman–Crippen LogP) is 4.17. The van der Waals surface area contributed by atoms with E-state index >= 15 is 0 Å². The molecule has 0 aliphatic heterocycles. The number of rotatable bonds is 9. The Hall–Kier alpha value is -1.54. The zero-order valence-corrected chi connectivity index (χ0v) is 11.5. The molecular formula is C17H23NO. The van der Waals surface area contributed by atoms with Gasteiger partial charge < -0.3 is 9.73 Å². The van der Waals surface area contributed by atoms with Crippen LogP contribution in [-0.2, 0) is 13.0 Å². The van der Waals surface area contributed by atoms with Crippen molar-refractivity contribution in [2.75, 3.05) is 6.54 Å². The van der Waals surface area contributed by atoms with Crippen LogP contribution in [-0.4, -0.2) is 6.54 Å². The average Bonchev–Trinajstić information content (AvgIpc) is 2.96. The third kappa shape index (κ3) is 5.75. The van der Waals surface area contributed by atoms with Crippen molar-refractivity contribution >= 4 is 0 Å². The molecule has 1 N–H and O–H groups in total. The van der Waals surface area contributed by atoms with E-state index < -0.39 is 0 Å². The quantitative estimate of drug-likeness (QED) is 0.682. The van der Waals surface area contributed by atoms with Gasteiger partial charge in [0.15, 0.2) is 0 Å². The number of aryl methyl sites for hydroxylation is 1. The van der Waals surface area contributed by atoms with Gasteiger partial charge in [0.2, 0.25) is 0 Å². The highest BCUT2D eigenvalue weighted by Gasteiger charge is 1.95. The maximum absolute atomic E-state index is 5.27. The predicted molar refractivity (Wildman–Crippen MR) is 79.0 cm³/mol. The lowest BCUT2D eigenvalue weighted by atomic mass is 10.1. The molecule has 0 saturated carbocycles. The zero-order chi connectivity index (χ0) is 13.2. The number of hydrogen-bond donors (Lipinski definition) is 1. The molecule has 0 aliphatic carbocycles. The second-order valence-electron chi connectivity index (χ2n) is 4.91. The van der Waals surface area contributed by atoms with Crippen LogP contribution in [0.2, 0.25) is 0 Å². The summed E-state index contributed by atoms with van der Waals surface area (Å²) >= 11 is 0. The SMILES string of the molecule is c1ccc(CCCCCCNCc2ccco2)cc1. The molecule has 2 nitrogen and oxygen atoms in total. The molecule has 102 valence electrons. The second kappa shape index (κ2) is 8.54. The van der Waals surface area contributed by atoms with Crippen molar-refractivity contribution in [1.29, 1.82) is 0 Å². The Balaban J connectivity index is 1.42. The van der Waals surface area contributed by atoms with Crippen LogP contribution < -0.4 is 5.32 Å². The van der Waals surface area contributed by atoms with Crippen LogP contribution in [0.5, 0.6) is 0 Å². The van der Waals surface area contributed by atoms with Gasteiger partial charge in [0.25, 0.3) is 0 Å². The van der Waals surface area contributed by atoms with Crippen LogP contribution in [0.3, 0.4) is 0 Å². The third-order valence-electron chi connectivity index (χ3n) is 3.29. The Labute approximate surface area is 115 Å². The van der Waals surface area contributed by atoms with E-state index in [4.69, 9.17) is 4.42 Å². The Kier molecular flexibility index (Phi) is 6.24. The highest BCUT2D eigenvalue weighted by molar-refractivity contribution is 5.14. The topological polar surface area (TPSA) is 25.2 Å². The first-order valence-electron chi connectivity index (χ1n) is 7.22. The summed E-state index contributed by atoms with van der Waals surface area (Å²) < 4.78 is 5.27. The first kappa shape index (κ1) is 13.9. The van der Waals surface area contributed by atoms with Crippen LogP contribution in [0.1, 0.15) is 37.0 Å². The first-order chi connectivity index (χ1) is 9.45. The summed E-state index contributed by atoms with van der Waals surface area (Å²) in [4.78, 5) is 0. The van der Waals surface area contributed by atoms with Gasteiger partial charge in [-0.15, -0.1) is 0 Å². The van der Waals surface area contributed by atoms with E-state index in [0.29, 0.717) is 0 Å². The van der Waals surface area contributed by atoms with Gasteiger partial charge in [0.05, 0.1) is 12.8 Å². The number of furan rings is 1. The Morgan fingerprint density at radius 2 is 1.68 bits per heavy atom. The van der Waals surface area contributed by atoms with Gasteiger partial charge >= 0.3 is 0 Å². The molecule has 0 radical (unpaired) electrons. The summed E-state index contributed by atoms with van der Waals surface area (Å²) in [7, 11) is 0. The summed E-state index contributed by atoms with van der Waals surface area (Å²) in [6, 6.07) is 14.7. The Morgan fingerprint density at radius 1 is 0.842 bits per heavy atom. The molecule has 1 aromatic heterocycles. The van der Waals surface area contributed by atoms with Crippen LogP contribution in [0, 0.1) is 0 Å². The molecule has 2 rings (SSSR count). The van der Waals surface area contributed by atoms with Gasteiger partial charge in [0.1, 0.15) is 5.76 Å². The highest BCUT2D eigenvalue weighted by atomic mass is 16.3. The van der Waals surface area contributed by atoms with Crippen molar-refractivity contribution in [1.82, 2.24) is 5.32 Å². The summed E-state index contributed by atoms with van der Waals surface area (Å²) in [5, 5.41) is 3.40. The van der Waals surface area contributed by atoms with E-state index in [1.165, 1.54) is 37.7 Å². The Morgan fingerprint density at radius 3 is 2.47 bits per heavy atom. The van der Waals surface area contributed by atoms with E-state index in [2.05, 4.69) is 35.6 Å². The summed E-state index contributed by atoms with van der Waals surface area (Å²) in [6.07, 6.45) is 8.09. The number of hydrogen-bond acceptors (Lipinski definition) is 2. The lowest BCUT2D eigenvalue weighted by molar-refractivity contribution is 0.477. The lowest BCUT2D eigenvalue weighted by Gasteiger charge is -2.03. The first-order valence-corrected chi connectivity index (χ1v) is 7.22. The molecule has 2 aromatic rings. The van der Waals surface area contributed by atoms with Crippen molar-refractivity contribution in [2.24, 2.45) is 0 Å². The standard InChI is InChI=1S/C17H23NO/c1(4-9-16-10-5-3-6-11-16)2-7-13-18-15-17-12-8-14-19-17/h3,5-6,8,10-12,14,18H,1-2,4,7,9,13,15H2. The van der Waals surface area contributed by atoms with Crippen LogP contribution in [0.15, 0.2) is 53.1 Å². The maximum atomic E-state index is 5.27. The van der Waals surface area contributed by atoms with Crippen LogP contribution >= 0.6 is 0 Å². The van der Waals surface area contributed by atoms with E-state index in [1.807, 2.05) is 12.1 Å². The number of nitrogens with one attached hydrogen (secondary N) is 1. The van der Waals surface area contributed by atoms with Gasteiger partial charge in [-0.1, -0.05) is 43.2 Å². The highest BCUT2D eigenvalue weighted by Crippen LogP contribution is 2.07. The van der Waals surface area contributed by atoms with Gasteiger partial charge in [-0.2, -0.15) is 0 Å². The van der Waals surface area contributed by atoms with Crippen LogP contribution in [0.25, 0.3) is 0 Å². The lowest BCUT2D eigenvalue weighted by Crippen LogP contribution is -2.14. The van der Waals surface area contributed by atoms with Crippen molar-refractivity contribution in [3.05, 3.63) is 60.1 Å². The van der Waals surface area contributed by atoms with Crippen LogP contribution in [0.4, 0.5) is 0 Å². The molecule has 0 fully saturated rings. The van der Waals surface area contributed by atoms with Gasteiger partial charge in [-0.05, 0) is 43.5 Å². The molecular weight excluding hydrogens is 234 g/mol. The minimum atomic E-state index is 0.844. The number of benzene rings is 1. The number of unbranched alkanes of at least 4 members (excludes halogenated alkanes) is 3. The van der Waals surface area contributed by atoms with Gasteiger partial charge in [-0.3, -0.25) is 0 Å². The maximum Gasteiger partial charge on any atom is 0.117 e. The molecule has 19 heavy (non-hydrogen) atoms. The van der Waals surface area contributed by atoms with Gasteiger partial charge in [0, 0.05) is 0 Å². The minimum absolute atomic E-state index is 0.844. The van der Waals surface area contributed by atoms with Crippen molar-refractivity contribution in [2.45, 2.75) is 38.6 Å². The average molecular weight is 257 g/mol. The minimum Gasteiger partial charge on any atom is -0.468 e. The second-order valence-corrected chi connectivity index (χ2v) is 4.91. The smallest absolute Gasteiger partial charge is 0.117 e. The fraction of sp³-hybridized carbons (Fsp3) is 0.412. The van der Waals surface area contributed by atoms with Crippen molar-refractivity contribution < 1.29 is 4.42 Å². The molecule has 2 heteroatoms. The zero-order valence-electron chi connectivity index (χ0n) is 11.5. The molecule has 0 unspecified atom stereocenters. The fourth-order valence-corrected chi connectivity index (χ4v) is 2.20. The normalized spacial score (nSPS) is 10.7. The molecule has 0 aliphatic rings. The summed E-state index contributed by atoms with van der Waals surface area (Å²) in [6.45, 7) is 1.92. The Bertz CT molecular complexity index is 422. The largest absolute Gasteiger partial charge is 0.468 e. The molecule has 0 saturated heterocycles.